The first-order valence-corrected chi connectivity index (χ1v) is 9.90. The summed E-state index contributed by atoms with van der Waals surface area (Å²) in [7, 11) is 3.65. The van der Waals surface area contributed by atoms with Gasteiger partial charge in [-0.05, 0) is 26.2 Å². The second-order valence-electron chi connectivity index (χ2n) is 7.97. The average molecular weight is 356 g/mol. The van der Waals surface area contributed by atoms with Gasteiger partial charge in [0, 0.05) is 58.9 Å². The van der Waals surface area contributed by atoms with Gasteiger partial charge in [-0.25, -0.2) is 0 Å². The zero-order valence-corrected chi connectivity index (χ0v) is 16.1. The van der Waals surface area contributed by atoms with Gasteiger partial charge in [-0.3, -0.25) is 15.5 Å². The SMILES string of the molecule is COC1CCCC(CN2CCN(C3CC(C)NC(N)N3)CC2)C1OC. The minimum atomic E-state index is -0.0949. The van der Waals surface area contributed by atoms with E-state index in [2.05, 4.69) is 27.4 Å². The summed E-state index contributed by atoms with van der Waals surface area (Å²) in [6, 6.07) is 0.468. The van der Waals surface area contributed by atoms with E-state index in [-0.39, 0.29) is 18.5 Å². The van der Waals surface area contributed by atoms with Crippen LogP contribution >= 0.6 is 0 Å². The fraction of sp³-hybridized carbons (Fsp3) is 1.00. The van der Waals surface area contributed by atoms with Crippen LogP contribution in [0.15, 0.2) is 0 Å². The molecule has 0 aromatic heterocycles. The predicted octanol–water partition coefficient (Wildman–Crippen LogP) is -0.0261. The summed E-state index contributed by atoms with van der Waals surface area (Å²) >= 11 is 0. The van der Waals surface area contributed by atoms with Crippen LogP contribution in [0.1, 0.15) is 32.6 Å². The Kier molecular flexibility index (Phi) is 7.08. The van der Waals surface area contributed by atoms with E-state index >= 15 is 0 Å². The van der Waals surface area contributed by atoms with Crippen molar-refractivity contribution < 1.29 is 9.47 Å². The zero-order valence-electron chi connectivity index (χ0n) is 16.1. The largest absolute Gasteiger partial charge is 0.379 e. The Hall–Kier alpha value is -0.280. The molecule has 25 heavy (non-hydrogen) atoms. The summed E-state index contributed by atoms with van der Waals surface area (Å²) in [6.45, 7) is 7.80. The van der Waals surface area contributed by atoms with Gasteiger partial charge in [0.05, 0.1) is 18.4 Å². The molecule has 0 bridgehead atoms. The third-order valence-corrected chi connectivity index (χ3v) is 6.22. The van der Waals surface area contributed by atoms with Gasteiger partial charge in [-0.15, -0.1) is 0 Å². The Bertz CT molecular complexity index is 395. The lowest BCUT2D eigenvalue weighted by atomic mass is 9.83. The van der Waals surface area contributed by atoms with Crippen LogP contribution in [0.2, 0.25) is 0 Å². The second-order valence-corrected chi connectivity index (χ2v) is 7.97. The molecule has 146 valence electrons. The second kappa shape index (κ2) is 9.08. The molecule has 4 N–H and O–H groups in total. The van der Waals surface area contributed by atoms with Crippen LogP contribution in [-0.2, 0) is 9.47 Å². The van der Waals surface area contributed by atoms with E-state index in [1.807, 2.05) is 14.2 Å². The van der Waals surface area contributed by atoms with Gasteiger partial charge in [0.2, 0.25) is 0 Å². The Morgan fingerprint density at radius 1 is 1.04 bits per heavy atom. The molecule has 2 aliphatic heterocycles. The first kappa shape index (κ1) is 19.5. The van der Waals surface area contributed by atoms with Crippen molar-refractivity contribution in [2.45, 2.75) is 63.3 Å². The Morgan fingerprint density at radius 3 is 2.44 bits per heavy atom. The molecule has 3 aliphatic rings. The van der Waals surface area contributed by atoms with E-state index < -0.39 is 0 Å². The summed E-state index contributed by atoms with van der Waals surface area (Å²) in [4.78, 5) is 5.16. The van der Waals surface area contributed by atoms with Gasteiger partial charge >= 0.3 is 0 Å². The molecule has 1 aliphatic carbocycles. The highest BCUT2D eigenvalue weighted by atomic mass is 16.5. The number of piperazine rings is 1. The first-order chi connectivity index (χ1) is 12.1. The Labute approximate surface area is 152 Å². The van der Waals surface area contributed by atoms with Crippen LogP contribution in [0, 0.1) is 5.92 Å². The molecule has 2 heterocycles. The highest BCUT2D eigenvalue weighted by Crippen LogP contribution is 2.29. The molecule has 7 nitrogen and oxygen atoms in total. The number of ether oxygens (including phenoxy) is 2. The van der Waals surface area contributed by atoms with Gasteiger partial charge in [-0.2, -0.15) is 0 Å². The van der Waals surface area contributed by atoms with Crippen molar-refractivity contribution in [3.63, 3.8) is 0 Å². The molecule has 1 saturated carbocycles. The molecule has 6 atom stereocenters. The molecule has 6 unspecified atom stereocenters. The highest BCUT2D eigenvalue weighted by molar-refractivity contribution is 4.89. The van der Waals surface area contributed by atoms with Gasteiger partial charge < -0.3 is 20.1 Å². The van der Waals surface area contributed by atoms with E-state index in [0.29, 0.717) is 18.1 Å². The molecule has 0 aromatic rings. The molecule has 7 heteroatoms. The van der Waals surface area contributed by atoms with Crippen LogP contribution in [0.4, 0.5) is 0 Å². The van der Waals surface area contributed by atoms with E-state index in [4.69, 9.17) is 15.2 Å². The summed E-state index contributed by atoms with van der Waals surface area (Å²) in [5, 5.41) is 6.82. The quantitative estimate of drug-likeness (QED) is 0.640. The fourth-order valence-electron chi connectivity index (χ4n) is 4.88. The Morgan fingerprint density at radius 2 is 1.80 bits per heavy atom. The maximum Gasteiger partial charge on any atom is 0.110 e. The van der Waals surface area contributed by atoms with Crippen molar-refractivity contribution >= 4 is 0 Å². The predicted molar refractivity (Wildman–Crippen MR) is 99.1 cm³/mol. The maximum atomic E-state index is 6.04. The Balaban J connectivity index is 1.47. The molecule has 3 fully saturated rings. The summed E-state index contributed by atoms with van der Waals surface area (Å²) in [5.74, 6) is 0.584. The minimum Gasteiger partial charge on any atom is -0.379 e. The van der Waals surface area contributed by atoms with E-state index in [1.54, 1.807) is 0 Å². The third-order valence-electron chi connectivity index (χ3n) is 6.22. The van der Waals surface area contributed by atoms with Crippen molar-refractivity contribution in [1.29, 1.82) is 0 Å². The highest BCUT2D eigenvalue weighted by Gasteiger charge is 2.36. The van der Waals surface area contributed by atoms with Crippen molar-refractivity contribution in [3.05, 3.63) is 0 Å². The number of hydrogen-bond acceptors (Lipinski definition) is 7. The fourth-order valence-corrected chi connectivity index (χ4v) is 4.88. The standard InChI is InChI=1S/C18H37N5O2/c1-13-11-16(21-18(19)20-13)23-9-7-22(8-10-23)12-14-5-4-6-15(24-2)17(14)25-3/h13-18,20-21H,4-12,19H2,1-3H3. The van der Waals surface area contributed by atoms with Crippen molar-refractivity contribution in [2.75, 3.05) is 46.9 Å². The molecule has 0 aromatic carbocycles. The van der Waals surface area contributed by atoms with Crippen molar-refractivity contribution in [3.8, 4) is 0 Å². The van der Waals surface area contributed by atoms with E-state index in [0.717, 1.165) is 45.6 Å². The van der Waals surface area contributed by atoms with Gasteiger partial charge in [-0.1, -0.05) is 6.42 Å². The molecular formula is C18H37N5O2. The van der Waals surface area contributed by atoms with Crippen LogP contribution in [0.3, 0.4) is 0 Å². The van der Waals surface area contributed by atoms with Crippen molar-refractivity contribution in [1.82, 2.24) is 20.4 Å². The molecule has 3 rings (SSSR count). The van der Waals surface area contributed by atoms with Gasteiger partial charge in [0.1, 0.15) is 6.29 Å². The summed E-state index contributed by atoms with van der Waals surface area (Å²) in [6.07, 6.45) is 5.53. The smallest absolute Gasteiger partial charge is 0.110 e. The topological polar surface area (TPSA) is 75.0 Å². The lowest BCUT2D eigenvalue weighted by molar-refractivity contribution is -0.0947. The van der Waals surface area contributed by atoms with Crippen LogP contribution in [0.5, 0.6) is 0 Å². The number of methoxy groups -OCH3 is 2. The minimum absolute atomic E-state index is 0.0949. The lowest BCUT2D eigenvalue weighted by Gasteiger charge is -2.45. The maximum absolute atomic E-state index is 6.04. The molecule has 2 saturated heterocycles. The molecule has 0 radical (unpaired) electrons. The zero-order chi connectivity index (χ0) is 17.8. The van der Waals surface area contributed by atoms with Crippen LogP contribution in [-0.4, -0.2) is 87.4 Å². The average Bonchev–Trinajstić information content (AvgIpc) is 2.61. The van der Waals surface area contributed by atoms with E-state index in [9.17, 15) is 0 Å². The van der Waals surface area contributed by atoms with Crippen LogP contribution in [0.25, 0.3) is 0 Å². The monoisotopic (exact) mass is 355 g/mol. The van der Waals surface area contributed by atoms with Crippen LogP contribution < -0.4 is 16.4 Å². The van der Waals surface area contributed by atoms with Gasteiger partial charge in [0.15, 0.2) is 0 Å². The number of nitrogens with one attached hydrogen (secondary N) is 2. The van der Waals surface area contributed by atoms with Crippen molar-refractivity contribution in [2.24, 2.45) is 11.7 Å². The summed E-state index contributed by atoms with van der Waals surface area (Å²) < 4.78 is 11.4. The first-order valence-electron chi connectivity index (χ1n) is 9.90. The number of nitrogens with zero attached hydrogens (tertiary/aromatic N) is 2. The lowest BCUT2D eigenvalue weighted by Crippen LogP contribution is -2.67. The summed E-state index contributed by atoms with van der Waals surface area (Å²) in [5.41, 5.74) is 6.04. The molecule has 0 spiro atoms. The molecule has 0 amide bonds. The number of nitrogens with two attached hydrogens (primary N) is 1. The third kappa shape index (κ3) is 4.91. The van der Waals surface area contributed by atoms with Gasteiger partial charge in [0.25, 0.3) is 0 Å². The molecular weight excluding hydrogens is 318 g/mol. The number of rotatable bonds is 5. The normalized spacial score (nSPS) is 41.8. The van der Waals surface area contributed by atoms with E-state index in [1.165, 1.54) is 12.8 Å². The number of hydrogen-bond donors (Lipinski definition) is 3.